The molecule has 3 N–H and O–H groups in total. The standard InChI is InChI=1S/C14H12BrClF2N2/c15-10-5-2-4-9(13(10)16)12(20-19)7-8-3-1-6-11(17)14(8)18/h1-6,12,20H,7,19H2. The molecule has 0 saturated carbocycles. The average Bonchev–Trinajstić information content (AvgIpc) is 2.44. The van der Waals surface area contributed by atoms with Crippen LogP contribution < -0.4 is 11.3 Å². The van der Waals surface area contributed by atoms with E-state index in [-0.39, 0.29) is 12.0 Å². The van der Waals surface area contributed by atoms with E-state index in [1.165, 1.54) is 12.1 Å². The Kier molecular flexibility index (Phi) is 5.10. The van der Waals surface area contributed by atoms with Gasteiger partial charge in [0, 0.05) is 4.47 Å². The number of hydrazine groups is 1. The number of benzene rings is 2. The molecule has 2 rings (SSSR count). The van der Waals surface area contributed by atoms with E-state index >= 15 is 0 Å². The van der Waals surface area contributed by atoms with Gasteiger partial charge in [0.1, 0.15) is 0 Å². The van der Waals surface area contributed by atoms with Crippen LogP contribution in [0.25, 0.3) is 0 Å². The molecular weight excluding hydrogens is 350 g/mol. The summed E-state index contributed by atoms with van der Waals surface area (Å²) >= 11 is 9.51. The van der Waals surface area contributed by atoms with Crippen LogP contribution in [0.1, 0.15) is 17.2 Å². The van der Waals surface area contributed by atoms with Crippen LogP contribution in [0, 0.1) is 11.6 Å². The summed E-state index contributed by atoms with van der Waals surface area (Å²) in [5.74, 6) is 3.78. The van der Waals surface area contributed by atoms with E-state index in [0.717, 1.165) is 10.5 Å². The van der Waals surface area contributed by atoms with Gasteiger partial charge in [-0.2, -0.15) is 0 Å². The lowest BCUT2D eigenvalue weighted by Crippen LogP contribution is -2.30. The van der Waals surface area contributed by atoms with Gasteiger partial charge in [0.05, 0.1) is 11.1 Å². The fourth-order valence-electron chi connectivity index (χ4n) is 1.97. The van der Waals surface area contributed by atoms with E-state index in [9.17, 15) is 8.78 Å². The van der Waals surface area contributed by atoms with Gasteiger partial charge in [0.2, 0.25) is 0 Å². The van der Waals surface area contributed by atoms with E-state index in [1.807, 2.05) is 0 Å². The van der Waals surface area contributed by atoms with Crippen LogP contribution in [0.5, 0.6) is 0 Å². The molecule has 106 valence electrons. The number of hydrogen-bond donors (Lipinski definition) is 2. The minimum absolute atomic E-state index is 0.191. The molecule has 0 heterocycles. The highest BCUT2D eigenvalue weighted by Gasteiger charge is 2.18. The van der Waals surface area contributed by atoms with Crippen molar-refractivity contribution >= 4 is 27.5 Å². The van der Waals surface area contributed by atoms with Gasteiger partial charge in [-0.1, -0.05) is 35.9 Å². The minimum atomic E-state index is -0.876. The summed E-state index contributed by atoms with van der Waals surface area (Å²) in [5.41, 5.74) is 3.54. The Bertz CT molecular complexity index is 622. The molecule has 0 radical (unpaired) electrons. The second kappa shape index (κ2) is 6.63. The molecule has 2 nitrogen and oxygen atoms in total. The van der Waals surface area contributed by atoms with Gasteiger partial charge < -0.3 is 0 Å². The molecule has 0 spiro atoms. The van der Waals surface area contributed by atoms with Crippen LogP contribution in [0.4, 0.5) is 8.78 Å². The number of nitrogens with one attached hydrogen (secondary N) is 1. The van der Waals surface area contributed by atoms with Gasteiger partial charge in [-0.25, -0.2) is 8.78 Å². The van der Waals surface area contributed by atoms with Crippen molar-refractivity contribution in [3.8, 4) is 0 Å². The number of halogens is 4. The van der Waals surface area contributed by atoms with E-state index < -0.39 is 17.7 Å². The van der Waals surface area contributed by atoms with Gasteiger partial charge in [-0.15, -0.1) is 0 Å². The lowest BCUT2D eigenvalue weighted by molar-refractivity contribution is 0.481. The first-order valence-electron chi connectivity index (χ1n) is 5.87. The second-order valence-electron chi connectivity index (χ2n) is 4.28. The number of rotatable bonds is 4. The van der Waals surface area contributed by atoms with Gasteiger partial charge in [-0.05, 0) is 45.6 Å². The molecule has 6 heteroatoms. The van der Waals surface area contributed by atoms with Crippen LogP contribution in [-0.2, 0) is 6.42 Å². The topological polar surface area (TPSA) is 38.0 Å². The fraction of sp³-hybridized carbons (Fsp3) is 0.143. The zero-order chi connectivity index (χ0) is 14.7. The fourth-order valence-corrected chi connectivity index (χ4v) is 2.61. The molecule has 20 heavy (non-hydrogen) atoms. The summed E-state index contributed by atoms with van der Waals surface area (Å²) in [5, 5.41) is 0.493. The highest BCUT2D eigenvalue weighted by atomic mass is 79.9. The van der Waals surface area contributed by atoms with Gasteiger partial charge in [-0.3, -0.25) is 11.3 Å². The first-order valence-corrected chi connectivity index (χ1v) is 7.04. The maximum Gasteiger partial charge on any atom is 0.162 e. The maximum absolute atomic E-state index is 13.7. The Labute approximate surface area is 129 Å². The Morgan fingerprint density at radius 2 is 1.90 bits per heavy atom. The number of nitrogens with two attached hydrogens (primary N) is 1. The largest absolute Gasteiger partial charge is 0.271 e. The third-order valence-corrected chi connectivity index (χ3v) is 4.32. The number of hydrogen-bond acceptors (Lipinski definition) is 2. The molecule has 2 aromatic carbocycles. The lowest BCUT2D eigenvalue weighted by atomic mass is 9.99. The zero-order valence-corrected chi connectivity index (χ0v) is 12.7. The van der Waals surface area contributed by atoms with Crippen molar-refractivity contribution < 1.29 is 8.78 Å². The molecule has 1 atom stereocenters. The second-order valence-corrected chi connectivity index (χ2v) is 5.51. The van der Waals surface area contributed by atoms with E-state index in [4.69, 9.17) is 17.4 Å². The van der Waals surface area contributed by atoms with E-state index in [1.54, 1.807) is 18.2 Å². The average molecular weight is 362 g/mol. The summed E-state index contributed by atoms with van der Waals surface area (Å²) in [6, 6.07) is 9.03. The first-order chi connectivity index (χ1) is 9.54. The highest BCUT2D eigenvalue weighted by Crippen LogP contribution is 2.31. The van der Waals surface area contributed by atoms with Crippen LogP contribution in [0.2, 0.25) is 5.02 Å². The zero-order valence-electron chi connectivity index (χ0n) is 10.3. The van der Waals surface area contributed by atoms with Crippen molar-refractivity contribution in [3.05, 3.63) is 68.7 Å². The Balaban J connectivity index is 2.34. The van der Waals surface area contributed by atoms with Crippen molar-refractivity contribution in [1.29, 1.82) is 0 Å². The van der Waals surface area contributed by atoms with E-state index in [2.05, 4.69) is 21.4 Å². The quantitative estimate of drug-likeness (QED) is 0.635. The third-order valence-electron chi connectivity index (χ3n) is 3.01. The van der Waals surface area contributed by atoms with Crippen molar-refractivity contribution in [2.75, 3.05) is 0 Å². The molecule has 0 aliphatic rings. The summed E-state index contributed by atoms with van der Waals surface area (Å²) in [4.78, 5) is 0. The van der Waals surface area contributed by atoms with Crippen LogP contribution in [0.15, 0.2) is 40.9 Å². The van der Waals surface area contributed by atoms with E-state index in [0.29, 0.717) is 10.6 Å². The molecule has 0 amide bonds. The summed E-state index contributed by atoms with van der Waals surface area (Å²) in [6.45, 7) is 0. The maximum atomic E-state index is 13.7. The minimum Gasteiger partial charge on any atom is -0.271 e. The van der Waals surface area contributed by atoms with Crippen molar-refractivity contribution in [3.63, 3.8) is 0 Å². The SMILES string of the molecule is NNC(Cc1cccc(F)c1F)c1cccc(Br)c1Cl. The van der Waals surface area contributed by atoms with Gasteiger partial charge >= 0.3 is 0 Å². The Hall–Kier alpha value is -1.01. The normalized spacial score (nSPS) is 12.4. The van der Waals surface area contributed by atoms with Crippen molar-refractivity contribution in [2.24, 2.45) is 5.84 Å². The molecule has 0 saturated heterocycles. The van der Waals surface area contributed by atoms with Gasteiger partial charge in [0.25, 0.3) is 0 Å². The lowest BCUT2D eigenvalue weighted by Gasteiger charge is -2.18. The summed E-state index contributed by atoms with van der Waals surface area (Å²) in [6.07, 6.45) is 0.191. The smallest absolute Gasteiger partial charge is 0.162 e. The van der Waals surface area contributed by atoms with Gasteiger partial charge in [0.15, 0.2) is 11.6 Å². The molecule has 1 unspecified atom stereocenters. The third kappa shape index (κ3) is 3.17. The Morgan fingerprint density at radius 3 is 2.60 bits per heavy atom. The summed E-state index contributed by atoms with van der Waals surface area (Å²) < 4.78 is 27.6. The predicted octanol–water partition coefficient (Wildman–Crippen LogP) is 4.13. The van der Waals surface area contributed by atoms with Crippen LogP contribution in [0.3, 0.4) is 0 Å². The molecule has 0 aliphatic heterocycles. The first kappa shape index (κ1) is 15.4. The molecule has 0 aromatic heterocycles. The van der Waals surface area contributed by atoms with Crippen LogP contribution >= 0.6 is 27.5 Å². The molecule has 0 aliphatic carbocycles. The van der Waals surface area contributed by atoms with Crippen LogP contribution in [-0.4, -0.2) is 0 Å². The molecular formula is C14H12BrClF2N2. The summed E-state index contributed by atoms with van der Waals surface area (Å²) in [7, 11) is 0. The molecule has 0 fully saturated rings. The Morgan fingerprint density at radius 1 is 1.20 bits per heavy atom. The molecule has 2 aromatic rings. The van der Waals surface area contributed by atoms with Crippen molar-refractivity contribution in [2.45, 2.75) is 12.5 Å². The highest BCUT2D eigenvalue weighted by molar-refractivity contribution is 9.10. The molecule has 0 bridgehead atoms. The van der Waals surface area contributed by atoms with Crippen molar-refractivity contribution in [1.82, 2.24) is 5.43 Å². The monoisotopic (exact) mass is 360 g/mol. The predicted molar refractivity (Wildman–Crippen MR) is 79.3 cm³/mol.